The first-order valence-corrected chi connectivity index (χ1v) is 8.10. The summed E-state index contributed by atoms with van der Waals surface area (Å²) in [4.78, 5) is 11.0. The maximum Gasteiger partial charge on any atom is 0.162 e. The summed E-state index contributed by atoms with van der Waals surface area (Å²) in [5.41, 5.74) is 0.646. The van der Waals surface area contributed by atoms with E-state index in [-0.39, 0.29) is 0 Å². The van der Waals surface area contributed by atoms with Crippen LogP contribution in [0.25, 0.3) is 0 Å². The Morgan fingerprint density at radius 2 is 1.95 bits per heavy atom. The Hall–Kier alpha value is -1.51. The molecule has 112 valence electrons. The number of hydrogen-bond acceptors (Lipinski definition) is 3. The molecule has 0 heterocycles. The van der Waals surface area contributed by atoms with Crippen molar-refractivity contribution in [2.75, 3.05) is 7.11 Å². The Morgan fingerprint density at radius 3 is 2.76 bits per heavy atom. The molecule has 3 aliphatic carbocycles. The van der Waals surface area contributed by atoms with Gasteiger partial charge in [-0.15, -0.1) is 0 Å². The molecular weight excluding hydrogens is 264 g/mol. The van der Waals surface area contributed by atoms with Crippen LogP contribution in [0.4, 0.5) is 0 Å². The average Bonchev–Trinajstić information content (AvgIpc) is 3.19. The minimum atomic E-state index is 0.310. The molecule has 0 radical (unpaired) electrons. The molecule has 0 saturated heterocycles. The van der Waals surface area contributed by atoms with Crippen LogP contribution < -0.4 is 9.47 Å². The van der Waals surface area contributed by atoms with Gasteiger partial charge in [0, 0.05) is 5.56 Å². The average molecular weight is 286 g/mol. The van der Waals surface area contributed by atoms with Gasteiger partial charge in [-0.3, -0.25) is 4.79 Å². The molecule has 0 aromatic heterocycles. The van der Waals surface area contributed by atoms with Gasteiger partial charge >= 0.3 is 0 Å². The molecule has 1 aromatic rings. The molecule has 21 heavy (non-hydrogen) atoms. The lowest BCUT2D eigenvalue weighted by Gasteiger charge is -2.32. The Kier molecular flexibility index (Phi) is 3.16. The molecule has 0 aliphatic heterocycles. The van der Waals surface area contributed by atoms with Gasteiger partial charge in [-0.25, -0.2) is 0 Å². The highest BCUT2D eigenvalue weighted by molar-refractivity contribution is 5.76. The number of methoxy groups -OCH3 is 1. The molecular formula is C18H22O3. The number of carbonyl (C=O) groups is 1. The van der Waals surface area contributed by atoms with E-state index in [1.54, 1.807) is 13.2 Å². The number of benzene rings is 1. The highest BCUT2D eigenvalue weighted by atomic mass is 16.5. The van der Waals surface area contributed by atoms with Gasteiger partial charge in [-0.05, 0) is 67.6 Å². The third kappa shape index (κ3) is 2.05. The monoisotopic (exact) mass is 286 g/mol. The smallest absolute Gasteiger partial charge is 0.162 e. The highest BCUT2D eigenvalue weighted by Gasteiger charge is 2.54. The fourth-order valence-corrected chi connectivity index (χ4v) is 5.16. The third-order valence-electron chi connectivity index (χ3n) is 5.97. The molecule has 3 nitrogen and oxygen atoms in total. The van der Waals surface area contributed by atoms with E-state index in [9.17, 15) is 4.79 Å². The lowest BCUT2D eigenvalue weighted by atomic mass is 9.80. The zero-order valence-corrected chi connectivity index (χ0v) is 12.5. The van der Waals surface area contributed by atoms with Crippen molar-refractivity contribution in [2.24, 2.45) is 23.7 Å². The van der Waals surface area contributed by atoms with Crippen LogP contribution in [0.5, 0.6) is 11.5 Å². The van der Waals surface area contributed by atoms with Gasteiger partial charge in [0.15, 0.2) is 11.5 Å². The molecule has 3 saturated carbocycles. The number of rotatable bonds is 4. The molecule has 3 aliphatic rings. The molecule has 3 fully saturated rings. The first-order chi connectivity index (χ1) is 10.3. The molecule has 0 amide bonds. The highest BCUT2D eigenvalue weighted by Crippen LogP contribution is 2.59. The second-order valence-corrected chi connectivity index (χ2v) is 6.84. The normalized spacial score (nSPS) is 36.5. The standard InChI is InChI=1S/C18H22O3/c1-20-16-6-5-11(10-19)7-18(16)21-17-9-12-8-15(17)14-4-2-3-13(12)14/h5-7,10,12-15,17H,2-4,8-9H2,1H3/t12-,13+,14+,15-,17-/m0/s1. The Labute approximate surface area is 125 Å². The van der Waals surface area contributed by atoms with E-state index in [4.69, 9.17) is 9.47 Å². The molecule has 0 N–H and O–H groups in total. The van der Waals surface area contributed by atoms with Crippen molar-refractivity contribution in [3.8, 4) is 11.5 Å². The van der Waals surface area contributed by atoms with Gasteiger partial charge in [0.2, 0.25) is 0 Å². The van der Waals surface area contributed by atoms with Crippen LogP contribution in [0.1, 0.15) is 42.5 Å². The van der Waals surface area contributed by atoms with E-state index in [0.29, 0.717) is 17.6 Å². The number of ether oxygens (including phenoxy) is 2. The summed E-state index contributed by atoms with van der Waals surface area (Å²) in [5, 5.41) is 0. The Bertz CT molecular complexity index is 553. The zero-order valence-electron chi connectivity index (χ0n) is 12.5. The summed E-state index contributed by atoms with van der Waals surface area (Å²) in [5.74, 6) is 4.90. The molecule has 2 bridgehead atoms. The van der Waals surface area contributed by atoms with Crippen LogP contribution in [0.2, 0.25) is 0 Å². The van der Waals surface area contributed by atoms with Crippen LogP contribution in [0.3, 0.4) is 0 Å². The summed E-state index contributed by atoms with van der Waals surface area (Å²) >= 11 is 0. The summed E-state index contributed by atoms with van der Waals surface area (Å²) in [6.45, 7) is 0. The zero-order chi connectivity index (χ0) is 14.4. The van der Waals surface area contributed by atoms with Gasteiger partial charge in [-0.2, -0.15) is 0 Å². The fourth-order valence-electron chi connectivity index (χ4n) is 5.16. The number of aldehydes is 1. The SMILES string of the molecule is COc1ccc(C=O)cc1O[C@H]1C[C@@H]2C[C@H]1[C@@H]1CCC[C@H]21. The summed E-state index contributed by atoms with van der Waals surface area (Å²) in [6, 6.07) is 5.40. The number of fused-ring (bicyclic) bond motifs is 5. The van der Waals surface area contributed by atoms with Crippen molar-refractivity contribution in [2.45, 2.75) is 38.2 Å². The summed E-state index contributed by atoms with van der Waals surface area (Å²) in [7, 11) is 1.65. The topological polar surface area (TPSA) is 35.5 Å². The molecule has 4 rings (SSSR count). The minimum Gasteiger partial charge on any atom is -0.493 e. The number of carbonyl (C=O) groups excluding carboxylic acids is 1. The number of hydrogen-bond donors (Lipinski definition) is 0. The second-order valence-electron chi connectivity index (χ2n) is 6.84. The van der Waals surface area contributed by atoms with Crippen molar-refractivity contribution < 1.29 is 14.3 Å². The second kappa shape index (κ2) is 5.04. The molecule has 3 heteroatoms. The van der Waals surface area contributed by atoms with E-state index in [1.165, 1.54) is 32.1 Å². The van der Waals surface area contributed by atoms with Crippen molar-refractivity contribution in [3.63, 3.8) is 0 Å². The predicted octanol–water partition coefficient (Wildman–Crippen LogP) is 3.71. The van der Waals surface area contributed by atoms with Crippen LogP contribution >= 0.6 is 0 Å². The molecule has 0 spiro atoms. The van der Waals surface area contributed by atoms with E-state index in [1.807, 2.05) is 12.1 Å². The van der Waals surface area contributed by atoms with Crippen LogP contribution in [-0.2, 0) is 0 Å². The van der Waals surface area contributed by atoms with Crippen LogP contribution in [-0.4, -0.2) is 19.5 Å². The molecule has 5 atom stereocenters. The summed E-state index contributed by atoms with van der Waals surface area (Å²) < 4.78 is 11.7. The van der Waals surface area contributed by atoms with Gasteiger partial charge in [0.05, 0.1) is 7.11 Å². The maximum atomic E-state index is 11.0. The van der Waals surface area contributed by atoms with Crippen LogP contribution in [0.15, 0.2) is 18.2 Å². The van der Waals surface area contributed by atoms with Crippen LogP contribution in [0, 0.1) is 23.7 Å². The van der Waals surface area contributed by atoms with Crippen molar-refractivity contribution in [1.29, 1.82) is 0 Å². The first-order valence-electron chi connectivity index (χ1n) is 8.10. The van der Waals surface area contributed by atoms with E-state index < -0.39 is 0 Å². The lowest BCUT2D eigenvalue weighted by molar-refractivity contribution is 0.0814. The Balaban J connectivity index is 1.56. The van der Waals surface area contributed by atoms with E-state index >= 15 is 0 Å². The van der Waals surface area contributed by atoms with E-state index in [2.05, 4.69) is 0 Å². The maximum absolute atomic E-state index is 11.0. The van der Waals surface area contributed by atoms with Gasteiger partial charge < -0.3 is 9.47 Å². The van der Waals surface area contributed by atoms with Gasteiger partial charge in [-0.1, -0.05) is 6.42 Å². The van der Waals surface area contributed by atoms with Gasteiger partial charge in [0.25, 0.3) is 0 Å². The lowest BCUT2D eigenvalue weighted by Crippen LogP contribution is -2.32. The first kappa shape index (κ1) is 13.2. The van der Waals surface area contributed by atoms with Crippen molar-refractivity contribution in [1.82, 2.24) is 0 Å². The molecule has 0 unspecified atom stereocenters. The van der Waals surface area contributed by atoms with Crippen molar-refractivity contribution in [3.05, 3.63) is 23.8 Å². The Morgan fingerprint density at radius 1 is 1.10 bits per heavy atom. The van der Waals surface area contributed by atoms with Crippen molar-refractivity contribution >= 4 is 6.29 Å². The van der Waals surface area contributed by atoms with E-state index in [0.717, 1.165) is 35.5 Å². The largest absolute Gasteiger partial charge is 0.493 e. The molecule has 1 aromatic carbocycles. The van der Waals surface area contributed by atoms with Gasteiger partial charge in [0.1, 0.15) is 12.4 Å². The predicted molar refractivity (Wildman–Crippen MR) is 79.8 cm³/mol. The minimum absolute atomic E-state index is 0.310. The third-order valence-corrected chi connectivity index (χ3v) is 5.97. The fraction of sp³-hybridized carbons (Fsp3) is 0.611. The quantitative estimate of drug-likeness (QED) is 0.791. The summed E-state index contributed by atoms with van der Waals surface area (Å²) in [6.07, 6.45) is 7.92.